The predicted molar refractivity (Wildman–Crippen MR) is 80.8 cm³/mol. The molecule has 0 spiro atoms. The molecule has 106 valence electrons. The molecule has 4 heteroatoms. The van der Waals surface area contributed by atoms with Crippen LogP contribution in [0.25, 0.3) is 0 Å². The van der Waals surface area contributed by atoms with Crippen LogP contribution in [0, 0.1) is 5.92 Å². The highest BCUT2D eigenvalue weighted by atomic mass is 35.5. The summed E-state index contributed by atoms with van der Waals surface area (Å²) >= 11 is 12.1. The van der Waals surface area contributed by atoms with Crippen molar-refractivity contribution in [2.75, 3.05) is 6.54 Å². The SMILES string of the molecule is NCC(c1ccc(Cl)cc1Cl)C(O)CC1CCCC1. The van der Waals surface area contributed by atoms with Gasteiger partial charge < -0.3 is 10.8 Å². The Labute approximate surface area is 124 Å². The van der Waals surface area contributed by atoms with Crippen LogP contribution in [0.1, 0.15) is 43.6 Å². The molecule has 0 amide bonds. The summed E-state index contributed by atoms with van der Waals surface area (Å²) in [6, 6.07) is 5.39. The molecule has 1 aliphatic rings. The standard InChI is InChI=1S/C15H21Cl2NO/c16-11-5-6-12(14(17)8-11)13(9-18)15(19)7-10-3-1-2-4-10/h5-6,8,10,13,15,19H,1-4,7,9,18H2. The lowest BCUT2D eigenvalue weighted by atomic mass is 9.87. The maximum atomic E-state index is 10.4. The lowest BCUT2D eigenvalue weighted by Gasteiger charge is -2.25. The summed E-state index contributed by atoms with van der Waals surface area (Å²) in [4.78, 5) is 0. The fraction of sp³-hybridized carbons (Fsp3) is 0.600. The van der Waals surface area contributed by atoms with Crippen molar-refractivity contribution < 1.29 is 5.11 Å². The average Bonchev–Trinajstić information content (AvgIpc) is 2.85. The van der Waals surface area contributed by atoms with Gasteiger partial charge in [-0.15, -0.1) is 0 Å². The largest absolute Gasteiger partial charge is 0.392 e. The molecule has 2 atom stereocenters. The van der Waals surface area contributed by atoms with Crippen LogP contribution in [0.15, 0.2) is 18.2 Å². The van der Waals surface area contributed by atoms with Gasteiger partial charge in [0.2, 0.25) is 0 Å². The molecule has 3 N–H and O–H groups in total. The van der Waals surface area contributed by atoms with Crippen molar-refractivity contribution in [1.82, 2.24) is 0 Å². The molecular formula is C15H21Cl2NO. The molecule has 0 aliphatic heterocycles. The highest BCUT2D eigenvalue weighted by Gasteiger charge is 2.26. The van der Waals surface area contributed by atoms with E-state index in [0.717, 1.165) is 12.0 Å². The van der Waals surface area contributed by atoms with Gasteiger partial charge in [0.15, 0.2) is 0 Å². The molecule has 0 aromatic heterocycles. The molecule has 1 aromatic rings. The zero-order chi connectivity index (χ0) is 13.8. The van der Waals surface area contributed by atoms with Gasteiger partial charge in [0.05, 0.1) is 6.10 Å². The van der Waals surface area contributed by atoms with Crippen molar-refractivity contribution in [2.45, 2.75) is 44.1 Å². The fourth-order valence-electron chi connectivity index (χ4n) is 3.05. The van der Waals surface area contributed by atoms with E-state index in [1.807, 2.05) is 6.07 Å². The van der Waals surface area contributed by atoms with E-state index in [-0.39, 0.29) is 5.92 Å². The minimum Gasteiger partial charge on any atom is -0.392 e. The zero-order valence-electron chi connectivity index (χ0n) is 11.0. The lowest BCUT2D eigenvalue weighted by Crippen LogP contribution is -2.27. The molecule has 2 rings (SSSR count). The van der Waals surface area contributed by atoms with Crippen LogP contribution in [-0.4, -0.2) is 17.8 Å². The summed E-state index contributed by atoms with van der Waals surface area (Å²) in [6.45, 7) is 0.398. The lowest BCUT2D eigenvalue weighted by molar-refractivity contribution is 0.116. The van der Waals surface area contributed by atoms with Crippen molar-refractivity contribution in [2.24, 2.45) is 11.7 Å². The third-order valence-corrected chi connectivity index (χ3v) is 4.69. The van der Waals surface area contributed by atoms with E-state index in [1.54, 1.807) is 12.1 Å². The van der Waals surface area contributed by atoms with Gasteiger partial charge in [-0.05, 0) is 30.0 Å². The van der Waals surface area contributed by atoms with E-state index >= 15 is 0 Å². The van der Waals surface area contributed by atoms with Gasteiger partial charge in [-0.1, -0.05) is 55.0 Å². The van der Waals surface area contributed by atoms with Crippen LogP contribution in [0.2, 0.25) is 10.0 Å². The number of rotatable bonds is 5. The van der Waals surface area contributed by atoms with Crippen LogP contribution in [0.3, 0.4) is 0 Å². The summed E-state index contributed by atoms with van der Waals surface area (Å²) < 4.78 is 0. The Kier molecular flexibility index (Phi) is 5.52. The van der Waals surface area contributed by atoms with E-state index in [0.29, 0.717) is 22.5 Å². The van der Waals surface area contributed by atoms with Gasteiger partial charge in [-0.25, -0.2) is 0 Å². The summed E-state index contributed by atoms with van der Waals surface area (Å²) in [5, 5.41) is 11.6. The Balaban J connectivity index is 2.09. The molecular weight excluding hydrogens is 281 g/mol. The summed E-state index contributed by atoms with van der Waals surface area (Å²) in [7, 11) is 0. The van der Waals surface area contributed by atoms with Gasteiger partial charge in [0, 0.05) is 22.5 Å². The smallest absolute Gasteiger partial charge is 0.0624 e. The molecule has 2 unspecified atom stereocenters. The minimum atomic E-state index is -0.424. The number of hydrogen-bond acceptors (Lipinski definition) is 2. The number of aliphatic hydroxyl groups excluding tert-OH is 1. The fourth-order valence-corrected chi connectivity index (χ4v) is 3.59. The topological polar surface area (TPSA) is 46.2 Å². The first-order chi connectivity index (χ1) is 9.11. The molecule has 0 saturated heterocycles. The molecule has 2 nitrogen and oxygen atoms in total. The van der Waals surface area contributed by atoms with Crippen LogP contribution < -0.4 is 5.73 Å². The number of nitrogens with two attached hydrogens (primary N) is 1. The van der Waals surface area contributed by atoms with E-state index in [4.69, 9.17) is 28.9 Å². The van der Waals surface area contributed by atoms with Gasteiger partial charge >= 0.3 is 0 Å². The molecule has 19 heavy (non-hydrogen) atoms. The second kappa shape index (κ2) is 6.94. The normalized spacial score (nSPS) is 19.6. The first-order valence-corrected chi connectivity index (χ1v) is 7.70. The first kappa shape index (κ1) is 15.1. The zero-order valence-corrected chi connectivity index (χ0v) is 12.5. The van der Waals surface area contributed by atoms with Crippen LogP contribution in [0.5, 0.6) is 0 Å². The van der Waals surface area contributed by atoms with E-state index < -0.39 is 6.10 Å². The van der Waals surface area contributed by atoms with Crippen molar-refractivity contribution in [3.8, 4) is 0 Å². The van der Waals surface area contributed by atoms with Crippen LogP contribution >= 0.6 is 23.2 Å². The van der Waals surface area contributed by atoms with Crippen molar-refractivity contribution in [3.05, 3.63) is 33.8 Å². The van der Waals surface area contributed by atoms with Gasteiger partial charge in [-0.2, -0.15) is 0 Å². The molecule has 1 fully saturated rings. The highest BCUT2D eigenvalue weighted by Crippen LogP contribution is 2.34. The quantitative estimate of drug-likeness (QED) is 0.864. The maximum Gasteiger partial charge on any atom is 0.0624 e. The Morgan fingerprint density at radius 1 is 1.26 bits per heavy atom. The van der Waals surface area contributed by atoms with Gasteiger partial charge in [-0.3, -0.25) is 0 Å². The highest BCUT2D eigenvalue weighted by molar-refractivity contribution is 6.35. The van der Waals surface area contributed by atoms with Gasteiger partial charge in [0.1, 0.15) is 0 Å². The second-order valence-corrected chi connectivity index (χ2v) is 6.31. The molecule has 0 heterocycles. The summed E-state index contributed by atoms with van der Waals surface area (Å²) in [5.74, 6) is 0.528. The number of benzene rings is 1. The summed E-state index contributed by atoms with van der Waals surface area (Å²) in [6.07, 6.45) is 5.41. The van der Waals surface area contributed by atoms with E-state index in [1.165, 1.54) is 25.7 Å². The summed E-state index contributed by atoms with van der Waals surface area (Å²) in [5.41, 5.74) is 6.74. The maximum absolute atomic E-state index is 10.4. The average molecular weight is 302 g/mol. The Bertz CT molecular complexity index is 419. The van der Waals surface area contributed by atoms with Gasteiger partial charge in [0.25, 0.3) is 0 Å². The van der Waals surface area contributed by atoms with Crippen LogP contribution in [-0.2, 0) is 0 Å². The molecule has 0 radical (unpaired) electrons. The van der Waals surface area contributed by atoms with E-state index in [2.05, 4.69) is 0 Å². The molecule has 1 aliphatic carbocycles. The van der Waals surface area contributed by atoms with E-state index in [9.17, 15) is 5.11 Å². The van der Waals surface area contributed by atoms with Crippen molar-refractivity contribution in [3.63, 3.8) is 0 Å². The molecule has 1 saturated carbocycles. The number of halogens is 2. The predicted octanol–water partition coefficient (Wildman–Crippen LogP) is 3.98. The third-order valence-electron chi connectivity index (χ3n) is 4.13. The molecule has 0 bridgehead atoms. The Morgan fingerprint density at radius 3 is 2.53 bits per heavy atom. The van der Waals surface area contributed by atoms with Crippen molar-refractivity contribution in [1.29, 1.82) is 0 Å². The number of aliphatic hydroxyl groups is 1. The Hall–Kier alpha value is -0.280. The monoisotopic (exact) mass is 301 g/mol. The minimum absolute atomic E-state index is 0.106. The third kappa shape index (κ3) is 3.85. The van der Waals surface area contributed by atoms with Crippen molar-refractivity contribution >= 4 is 23.2 Å². The second-order valence-electron chi connectivity index (χ2n) is 5.46. The number of hydrogen-bond donors (Lipinski definition) is 2. The molecule has 1 aromatic carbocycles. The first-order valence-electron chi connectivity index (χ1n) is 6.95. The Morgan fingerprint density at radius 2 is 1.95 bits per heavy atom. The van der Waals surface area contributed by atoms with Crippen LogP contribution in [0.4, 0.5) is 0 Å².